The van der Waals surface area contributed by atoms with Crippen LogP contribution in [0.5, 0.6) is 0 Å². The highest BCUT2D eigenvalue weighted by molar-refractivity contribution is 8.12. The lowest BCUT2D eigenvalue weighted by Crippen LogP contribution is -2.56. The molecular weight excluding hydrogens is 583 g/mol. The molecule has 4 atom stereocenters. The highest BCUT2D eigenvalue weighted by Crippen LogP contribution is 2.58. The van der Waals surface area contributed by atoms with Crippen molar-refractivity contribution >= 4 is 83.6 Å². The number of aromatic nitrogens is 2. The summed E-state index contributed by atoms with van der Waals surface area (Å²) >= 11 is 1.85. The van der Waals surface area contributed by atoms with Crippen LogP contribution in [0.4, 0.5) is 0 Å². The van der Waals surface area contributed by atoms with Gasteiger partial charge < -0.3 is 29.0 Å². The first-order chi connectivity index (χ1) is 20.6. The van der Waals surface area contributed by atoms with Gasteiger partial charge in [0.25, 0.3) is 5.91 Å². The Balaban J connectivity index is 1.62. The van der Waals surface area contributed by atoms with Gasteiger partial charge in [0.2, 0.25) is 5.60 Å². The maximum Gasteiger partial charge on any atom is 0.343 e. The van der Waals surface area contributed by atoms with Crippen LogP contribution in [0.25, 0.3) is 43.6 Å². The van der Waals surface area contributed by atoms with Crippen molar-refractivity contribution in [2.75, 3.05) is 19.1 Å². The lowest BCUT2D eigenvalue weighted by atomic mass is 9.88. The number of ether oxygens (including phenoxy) is 2. The summed E-state index contributed by atoms with van der Waals surface area (Å²) < 4.78 is 16.2. The van der Waals surface area contributed by atoms with Gasteiger partial charge in [-0.2, -0.15) is 22.2 Å². The number of hydrogen-bond donors (Lipinski definition) is 2. The van der Waals surface area contributed by atoms with E-state index in [0.717, 1.165) is 72.0 Å². The van der Waals surface area contributed by atoms with E-state index in [1.54, 1.807) is 6.92 Å². The molecule has 3 aromatic carbocycles. The molecule has 2 bridgehead atoms. The average Bonchev–Trinajstić information content (AvgIpc) is 3.67. The van der Waals surface area contributed by atoms with Gasteiger partial charge in [0.15, 0.2) is 5.72 Å². The SMILES string of the molecule is C=S(C)Cc1ccc2c(c1)c1c3c(c4c5cc(CSCC)ccc5n5c4c1n2C1(C)OC5CC1(O)C(=O)OC)C(=O)NC3. The van der Waals surface area contributed by atoms with E-state index >= 15 is 0 Å². The standard InChI is InChI=1S/C33H33N3O5S2/c1-6-42-15-17-7-9-22-19(11-17)26-27-21(14-34-30(27)37)25-20-12-18(16-43(4)5)8-10-23(20)36-29(25)28(26)35(22)24-13-33(39,31(38)40-3)32(36,2)41-24/h7-12,24,39H,4,6,13-16H2,1-3,5H3,(H,34,37). The van der Waals surface area contributed by atoms with Crippen LogP contribution in [0.15, 0.2) is 36.4 Å². The molecular formula is C33H33N3O5S2. The van der Waals surface area contributed by atoms with Gasteiger partial charge in [-0.3, -0.25) is 4.79 Å². The van der Waals surface area contributed by atoms with Crippen LogP contribution in [-0.4, -0.2) is 56.7 Å². The molecule has 0 aliphatic carbocycles. The number of nitrogens with one attached hydrogen (secondary N) is 1. The van der Waals surface area contributed by atoms with Crippen molar-refractivity contribution in [3.8, 4) is 0 Å². The second kappa shape index (κ2) is 9.11. The minimum atomic E-state index is -1.96. The van der Waals surface area contributed by atoms with Crippen LogP contribution >= 0.6 is 22.2 Å². The van der Waals surface area contributed by atoms with Crippen molar-refractivity contribution in [3.63, 3.8) is 0 Å². The first-order valence-electron chi connectivity index (χ1n) is 14.5. The quantitative estimate of drug-likeness (QED) is 0.187. The monoisotopic (exact) mass is 615 g/mol. The van der Waals surface area contributed by atoms with Crippen LogP contribution in [0.1, 0.15) is 53.5 Å². The molecule has 1 fully saturated rings. The van der Waals surface area contributed by atoms with Gasteiger partial charge in [0.1, 0.15) is 6.23 Å². The fourth-order valence-electron chi connectivity index (χ4n) is 7.77. The Labute approximate surface area is 255 Å². The Morgan fingerprint density at radius 1 is 1.19 bits per heavy atom. The van der Waals surface area contributed by atoms with Gasteiger partial charge in [0, 0.05) is 46.0 Å². The molecule has 10 heteroatoms. The molecule has 8 rings (SSSR count). The Morgan fingerprint density at radius 3 is 2.65 bits per heavy atom. The number of nitrogens with zero attached hydrogens (tertiary/aromatic N) is 2. The Kier molecular flexibility index (Phi) is 5.77. The van der Waals surface area contributed by atoms with E-state index in [1.807, 2.05) is 16.3 Å². The number of rotatable bonds is 6. The molecule has 43 heavy (non-hydrogen) atoms. The molecule has 0 saturated carbocycles. The number of aliphatic hydroxyl groups is 1. The lowest BCUT2D eigenvalue weighted by molar-refractivity contribution is -0.202. The summed E-state index contributed by atoms with van der Waals surface area (Å²) in [5, 5.41) is 19.2. The van der Waals surface area contributed by atoms with Crippen molar-refractivity contribution < 1.29 is 24.2 Å². The fourth-order valence-corrected chi connectivity index (χ4v) is 9.14. The zero-order valence-electron chi connectivity index (χ0n) is 24.6. The lowest BCUT2D eigenvalue weighted by Gasteiger charge is -2.37. The predicted molar refractivity (Wildman–Crippen MR) is 175 cm³/mol. The minimum absolute atomic E-state index is 0.00457. The number of esters is 1. The van der Waals surface area contributed by atoms with Crippen LogP contribution in [0, 0.1) is 0 Å². The summed E-state index contributed by atoms with van der Waals surface area (Å²) in [6, 6.07) is 12.7. The highest BCUT2D eigenvalue weighted by Gasteiger charge is 2.65. The third-order valence-corrected chi connectivity index (χ3v) is 11.3. The number of methoxy groups -OCH3 is 1. The van der Waals surface area contributed by atoms with E-state index in [-0.39, 0.29) is 22.8 Å². The smallest absolute Gasteiger partial charge is 0.343 e. The number of benzene rings is 3. The summed E-state index contributed by atoms with van der Waals surface area (Å²) in [5.74, 6) is 6.11. The third-order valence-electron chi connectivity index (χ3n) is 9.56. The normalized spacial score (nSPS) is 24.8. The second-order valence-electron chi connectivity index (χ2n) is 12.1. The molecule has 3 aliphatic rings. The fraction of sp³-hybridized carbons (Fsp3) is 0.364. The number of amides is 1. The molecule has 0 spiro atoms. The largest absolute Gasteiger partial charge is 0.467 e. The number of carbonyl (C=O) groups is 2. The van der Waals surface area contributed by atoms with E-state index in [0.29, 0.717) is 12.1 Å². The summed E-state index contributed by atoms with van der Waals surface area (Å²) in [4.78, 5) is 27.1. The van der Waals surface area contributed by atoms with Crippen LogP contribution in [0.3, 0.4) is 0 Å². The molecule has 3 aliphatic heterocycles. The summed E-state index contributed by atoms with van der Waals surface area (Å²) in [5.41, 5.74) is 4.02. The molecule has 2 aromatic heterocycles. The third kappa shape index (κ3) is 3.35. The molecule has 8 nitrogen and oxygen atoms in total. The molecule has 0 radical (unpaired) electrons. The average molecular weight is 616 g/mol. The molecule has 1 saturated heterocycles. The number of carbonyl (C=O) groups excluding carboxylic acids is 2. The molecule has 5 heterocycles. The first kappa shape index (κ1) is 27.3. The van der Waals surface area contributed by atoms with Crippen molar-refractivity contribution in [2.24, 2.45) is 0 Å². The van der Waals surface area contributed by atoms with E-state index < -0.39 is 23.5 Å². The van der Waals surface area contributed by atoms with Crippen molar-refractivity contribution in [3.05, 3.63) is 58.7 Å². The van der Waals surface area contributed by atoms with Crippen LogP contribution in [0.2, 0.25) is 0 Å². The molecule has 4 unspecified atom stereocenters. The second-order valence-corrected chi connectivity index (χ2v) is 15.2. The van der Waals surface area contributed by atoms with Crippen molar-refractivity contribution in [1.29, 1.82) is 0 Å². The highest BCUT2D eigenvalue weighted by atomic mass is 32.2. The summed E-state index contributed by atoms with van der Waals surface area (Å²) in [6.45, 7) is 4.33. The van der Waals surface area contributed by atoms with Gasteiger partial charge in [-0.15, -0.1) is 0 Å². The van der Waals surface area contributed by atoms with Gasteiger partial charge in [-0.05, 0) is 59.9 Å². The van der Waals surface area contributed by atoms with Gasteiger partial charge >= 0.3 is 5.97 Å². The molecule has 1 amide bonds. The Hall–Kier alpha value is -3.31. The van der Waals surface area contributed by atoms with Crippen LogP contribution < -0.4 is 5.32 Å². The van der Waals surface area contributed by atoms with E-state index in [1.165, 1.54) is 12.7 Å². The zero-order valence-corrected chi connectivity index (χ0v) is 26.2. The topological polar surface area (TPSA) is 94.7 Å². The maximum atomic E-state index is 13.7. The Morgan fingerprint density at radius 2 is 1.91 bits per heavy atom. The number of hydrogen-bond acceptors (Lipinski definition) is 6. The van der Waals surface area contributed by atoms with Crippen LogP contribution in [-0.2, 0) is 38.0 Å². The van der Waals surface area contributed by atoms with E-state index in [4.69, 9.17) is 9.47 Å². The van der Waals surface area contributed by atoms with Gasteiger partial charge in [-0.1, -0.05) is 24.9 Å². The maximum absolute atomic E-state index is 13.7. The number of thioether (sulfide) groups is 1. The van der Waals surface area contributed by atoms with E-state index in [2.05, 4.69) is 65.3 Å². The molecule has 5 aromatic rings. The molecule has 222 valence electrons. The van der Waals surface area contributed by atoms with E-state index in [9.17, 15) is 14.7 Å². The summed E-state index contributed by atoms with van der Waals surface area (Å²) in [7, 11) is 1.24. The Bertz CT molecular complexity index is 2110. The van der Waals surface area contributed by atoms with Crippen molar-refractivity contribution in [2.45, 2.75) is 55.9 Å². The van der Waals surface area contributed by atoms with Gasteiger partial charge in [-0.25, -0.2) is 4.79 Å². The molecule has 2 N–H and O–H groups in total. The zero-order chi connectivity index (χ0) is 30.0. The first-order valence-corrected chi connectivity index (χ1v) is 17.6. The predicted octanol–water partition coefficient (Wildman–Crippen LogP) is 5.74. The van der Waals surface area contributed by atoms with Crippen molar-refractivity contribution in [1.82, 2.24) is 14.5 Å². The summed E-state index contributed by atoms with van der Waals surface area (Å²) in [6.07, 6.45) is 1.45. The van der Waals surface area contributed by atoms with Gasteiger partial charge in [0.05, 0.1) is 34.7 Å². The minimum Gasteiger partial charge on any atom is -0.467 e. The number of fused-ring (bicyclic) bond motifs is 13.